The van der Waals surface area contributed by atoms with Crippen LogP contribution in [-0.4, -0.2) is 42.0 Å². The smallest absolute Gasteiger partial charge is 0.0243 e. The Hall–Kier alpha value is -1.12. The quantitative estimate of drug-likeness (QED) is 0.809. The summed E-state index contributed by atoms with van der Waals surface area (Å²) in [6.45, 7) is 10.2. The number of hydrogen-bond donors (Lipinski definition) is 0. The topological polar surface area (TPSA) is 6.48 Å². The first kappa shape index (κ1) is 13.8. The normalized spacial score (nSPS) is 24.3. The molecule has 1 aromatic rings. The van der Waals surface area contributed by atoms with Crippen LogP contribution in [0, 0.1) is 0 Å². The van der Waals surface area contributed by atoms with Gasteiger partial charge in [0.15, 0.2) is 0 Å². The zero-order valence-corrected chi connectivity index (χ0v) is 12.4. The molecule has 0 aromatic heterocycles. The Morgan fingerprint density at radius 2 is 1.90 bits per heavy atom. The van der Waals surface area contributed by atoms with Crippen LogP contribution in [0.15, 0.2) is 30.8 Å². The third kappa shape index (κ3) is 3.13. The first-order chi connectivity index (χ1) is 9.86. The molecule has 3 rings (SSSR count). The molecule has 0 spiro atoms. The van der Waals surface area contributed by atoms with E-state index >= 15 is 0 Å². The first-order valence-electron chi connectivity index (χ1n) is 8.03. The molecule has 0 saturated carbocycles. The molecule has 2 heterocycles. The molecule has 1 aromatic carbocycles. The first-order valence-corrected chi connectivity index (χ1v) is 8.03. The Bertz CT molecular complexity index is 448. The molecule has 0 amide bonds. The lowest BCUT2D eigenvalue weighted by Gasteiger charge is -2.29. The molecule has 2 saturated heterocycles. The summed E-state index contributed by atoms with van der Waals surface area (Å²) in [5, 5.41) is 0. The third-order valence-corrected chi connectivity index (χ3v) is 4.82. The molecule has 0 unspecified atom stereocenters. The highest BCUT2D eigenvalue weighted by Crippen LogP contribution is 2.23. The van der Waals surface area contributed by atoms with Crippen molar-refractivity contribution < 1.29 is 0 Å². The molecule has 0 bridgehead atoms. The zero-order valence-electron chi connectivity index (χ0n) is 12.4. The van der Waals surface area contributed by atoms with Crippen LogP contribution in [0.25, 0.3) is 6.08 Å². The molecule has 20 heavy (non-hydrogen) atoms. The van der Waals surface area contributed by atoms with Gasteiger partial charge in [0.05, 0.1) is 0 Å². The monoisotopic (exact) mass is 270 g/mol. The van der Waals surface area contributed by atoms with Crippen LogP contribution in [-0.2, 0) is 6.54 Å². The van der Waals surface area contributed by atoms with Gasteiger partial charge in [-0.25, -0.2) is 0 Å². The largest absolute Gasteiger partial charge is 0.302 e. The highest BCUT2D eigenvalue weighted by atomic mass is 15.2. The van der Waals surface area contributed by atoms with Gasteiger partial charge < -0.3 is 4.90 Å². The van der Waals surface area contributed by atoms with E-state index in [1.807, 2.05) is 6.08 Å². The zero-order chi connectivity index (χ0) is 13.8. The summed E-state index contributed by atoms with van der Waals surface area (Å²) < 4.78 is 0. The Morgan fingerprint density at radius 3 is 2.70 bits per heavy atom. The molecule has 2 heteroatoms. The Balaban J connectivity index is 1.64. The second kappa shape index (κ2) is 6.55. The summed E-state index contributed by atoms with van der Waals surface area (Å²) in [4.78, 5) is 5.34. The SMILES string of the molecule is C=Cc1ccccc1CN1CCC[C@H]1CN1CCCC1. The highest BCUT2D eigenvalue weighted by Gasteiger charge is 2.27. The van der Waals surface area contributed by atoms with Gasteiger partial charge in [-0.3, -0.25) is 4.90 Å². The molecule has 2 nitrogen and oxygen atoms in total. The van der Waals surface area contributed by atoms with E-state index < -0.39 is 0 Å². The Labute approximate surface area is 123 Å². The minimum atomic E-state index is 0.756. The average Bonchev–Trinajstić information content (AvgIpc) is 3.13. The fraction of sp³-hybridized carbons (Fsp3) is 0.556. The van der Waals surface area contributed by atoms with Gasteiger partial charge in [0.25, 0.3) is 0 Å². The fourth-order valence-electron chi connectivity index (χ4n) is 3.67. The number of rotatable bonds is 5. The second-order valence-electron chi connectivity index (χ2n) is 6.18. The lowest BCUT2D eigenvalue weighted by molar-refractivity contribution is 0.185. The van der Waals surface area contributed by atoms with Gasteiger partial charge in [0.1, 0.15) is 0 Å². The van der Waals surface area contributed by atoms with Crippen LogP contribution in [0.1, 0.15) is 36.8 Å². The molecule has 2 aliphatic heterocycles. The van der Waals surface area contributed by atoms with Crippen molar-refractivity contribution in [2.75, 3.05) is 26.2 Å². The number of hydrogen-bond acceptors (Lipinski definition) is 2. The lowest BCUT2D eigenvalue weighted by Crippen LogP contribution is -2.39. The van der Waals surface area contributed by atoms with Crippen molar-refractivity contribution in [3.63, 3.8) is 0 Å². The predicted octanol–water partition coefficient (Wildman–Crippen LogP) is 3.39. The van der Waals surface area contributed by atoms with Crippen LogP contribution in [0.4, 0.5) is 0 Å². The van der Waals surface area contributed by atoms with E-state index in [0.29, 0.717) is 0 Å². The summed E-state index contributed by atoms with van der Waals surface area (Å²) in [6.07, 6.45) is 7.50. The average molecular weight is 270 g/mol. The third-order valence-electron chi connectivity index (χ3n) is 4.82. The van der Waals surface area contributed by atoms with Gasteiger partial charge in [-0.15, -0.1) is 0 Å². The fourth-order valence-corrected chi connectivity index (χ4v) is 3.67. The van der Waals surface area contributed by atoms with Crippen LogP contribution in [0.3, 0.4) is 0 Å². The van der Waals surface area contributed by atoms with Gasteiger partial charge in [-0.05, 0) is 56.4 Å². The maximum absolute atomic E-state index is 3.94. The van der Waals surface area contributed by atoms with Gasteiger partial charge in [0, 0.05) is 19.1 Å². The van der Waals surface area contributed by atoms with E-state index in [0.717, 1.165) is 12.6 Å². The van der Waals surface area contributed by atoms with Crippen LogP contribution in [0.2, 0.25) is 0 Å². The van der Waals surface area contributed by atoms with Gasteiger partial charge in [0.2, 0.25) is 0 Å². The van der Waals surface area contributed by atoms with Crippen molar-refractivity contribution in [3.05, 3.63) is 42.0 Å². The molecular weight excluding hydrogens is 244 g/mol. The van der Waals surface area contributed by atoms with E-state index in [9.17, 15) is 0 Å². The Morgan fingerprint density at radius 1 is 1.10 bits per heavy atom. The minimum absolute atomic E-state index is 0.756. The molecule has 0 N–H and O–H groups in total. The van der Waals surface area contributed by atoms with Crippen molar-refractivity contribution in [3.8, 4) is 0 Å². The number of nitrogens with zero attached hydrogens (tertiary/aromatic N) is 2. The van der Waals surface area contributed by atoms with Crippen LogP contribution < -0.4 is 0 Å². The van der Waals surface area contributed by atoms with E-state index in [1.54, 1.807) is 0 Å². The van der Waals surface area contributed by atoms with E-state index in [-0.39, 0.29) is 0 Å². The molecule has 2 aliphatic rings. The summed E-state index contributed by atoms with van der Waals surface area (Å²) in [5.41, 5.74) is 2.72. The molecular formula is C18H26N2. The van der Waals surface area contributed by atoms with E-state index in [1.165, 1.54) is 63.0 Å². The molecule has 0 aliphatic carbocycles. The van der Waals surface area contributed by atoms with Crippen LogP contribution in [0.5, 0.6) is 0 Å². The van der Waals surface area contributed by atoms with Gasteiger partial charge >= 0.3 is 0 Å². The van der Waals surface area contributed by atoms with Gasteiger partial charge in [-0.2, -0.15) is 0 Å². The van der Waals surface area contributed by atoms with Crippen molar-refractivity contribution in [2.45, 2.75) is 38.3 Å². The molecule has 108 valence electrons. The van der Waals surface area contributed by atoms with Crippen molar-refractivity contribution >= 4 is 6.08 Å². The molecule has 1 atom stereocenters. The maximum Gasteiger partial charge on any atom is 0.0243 e. The van der Waals surface area contributed by atoms with Gasteiger partial charge in [-0.1, -0.05) is 36.9 Å². The van der Waals surface area contributed by atoms with Crippen molar-refractivity contribution in [2.24, 2.45) is 0 Å². The maximum atomic E-state index is 3.94. The van der Waals surface area contributed by atoms with E-state index in [2.05, 4.69) is 40.6 Å². The summed E-state index contributed by atoms with van der Waals surface area (Å²) in [6, 6.07) is 9.43. The molecule has 2 fully saturated rings. The van der Waals surface area contributed by atoms with Crippen molar-refractivity contribution in [1.82, 2.24) is 9.80 Å². The standard InChI is InChI=1S/C18H26N2/c1-2-16-8-3-4-9-17(16)14-20-13-7-10-18(20)15-19-11-5-6-12-19/h2-4,8-9,18H,1,5-7,10-15H2/t18-/m0/s1. The number of benzene rings is 1. The lowest BCUT2D eigenvalue weighted by atomic mass is 10.1. The van der Waals surface area contributed by atoms with Crippen molar-refractivity contribution in [1.29, 1.82) is 0 Å². The minimum Gasteiger partial charge on any atom is -0.302 e. The molecule has 0 radical (unpaired) electrons. The van der Waals surface area contributed by atoms with Crippen LogP contribution >= 0.6 is 0 Å². The summed E-state index contributed by atoms with van der Waals surface area (Å²) in [7, 11) is 0. The Kier molecular flexibility index (Phi) is 4.54. The summed E-state index contributed by atoms with van der Waals surface area (Å²) >= 11 is 0. The summed E-state index contributed by atoms with van der Waals surface area (Å²) in [5.74, 6) is 0. The predicted molar refractivity (Wildman–Crippen MR) is 85.6 cm³/mol. The highest BCUT2D eigenvalue weighted by molar-refractivity contribution is 5.51. The van der Waals surface area contributed by atoms with E-state index in [4.69, 9.17) is 0 Å². The number of likely N-dealkylation sites (tertiary alicyclic amines) is 2. The second-order valence-corrected chi connectivity index (χ2v) is 6.18.